The van der Waals surface area contributed by atoms with Gasteiger partial charge in [-0.15, -0.1) is 0 Å². The Bertz CT molecular complexity index is 270. The first-order chi connectivity index (χ1) is 8.52. The van der Waals surface area contributed by atoms with Crippen LogP contribution < -0.4 is 5.73 Å². The molecule has 0 heterocycles. The summed E-state index contributed by atoms with van der Waals surface area (Å²) in [6.45, 7) is 5.06. The molecule has 0 bridgehead atoms. The number of nitrogens with two attached hydrogens (primary N) is 1. The van der Waals surface area contributed by atoms with Crippen LogP contribution >= 0.6 is 0 Å². The van der Waals surface area contributed by atoms with Crippen molar-refractivity contribution < 1.29 is 5.11 Å². The monoisotopic (exact) mass is 253 g/mol. The molecule has 3 unspecified atom stereocenters. The van der Waals surface area contributed by atoms with Crippen LogP contribution in [0.2, 0.25) is 0 Å². The van der Waals surface area contributed by atoms with E-state index in [2.05, 4.69) is 13.8 Å². The van der Waals surface area contributed by atoms with E-state index in [9.17, 15) is 5.11 Å². The Morgan fingerprint density at radius 1 is 1.17 bits per heavy atom. The summed E-state index contributed by atoms with van der Waals surface area (Å²) in [4.78, 5) is 0. The summed E-state index contributed by atoms with van der Waals surface area (Å²) in [5, 5.41) is 11.3. The molecule has 0 amide bonds. The number of hydrogen-bond acceptors (Lipinski definition) is 2. The van der Waals surface area contributed by atoms with E-state index in [1.165, 1.54) is 44.9 Å². The normalized spacial score (nSPS) is 38.3. The molecule has 0 aromatic heterocycles. The zero-order valence-electron chi connectivity index (χ0n) is 12.3. The highest BCUT2D eigenvalue weighted by Crippen LogP contribution is 2.51. The first kappa shape index (κ1) is 14.3. The van der Waals surface area contributed by atoms with Crippen molar-refractivity contribution in [2.75, 3.05) is 6.54 Å². The molecule has 3 N–H and O–H groups in total. The maximum Gasteiger partial charge on any atom is 0.0715 e. The molecule has 0 spiro atoms. The zero-order chi connectivity index (χ0) is 13.2. The van der Waals surface area contributed by atoms with Gasteiger partial charge in [0.1, 0.15) is 0 Å². The summed E-state index contributed by atoms with van der Waals surface area (Å²) in [6, 6.07) is 0. The van der Waals surface area contributed by atoms with Crippen molar-refractivity contribution in [1.29, 1.82) is 0 Å². The Morgan fingerprint density at radius 3 is 2.39 bits per heavy atom. The van der Waals surface area contributed by atoms with Crippen LogP contribution in [0.1, 0.15) is 71.6 Å². The molecule has 2 nitrogen and oxygen atoms in total. The summed E-state index contributed by atoms with van der Waals surface area (Å²) in [5.41, 5.74) is 5.55. The molecule has 18 heavy (non-hydrogen) atoms. The van der Waals surface area contributed by atoms with Crippen LogP contribution in [0, 0.1) is 17.3 Å². The summed E-state index contributed by atoms with van der Waals surface area (Å²) in [5.74, 6) is 1.19. The van der Waals surface area contributed by atoms with Crippen molar-refractivity contribution >= 4 is 0 Å². The van der Waals surface area contributed by atoms with Crippen LogP contribution in [-0.4, -0.2) is 17.3 Å². The lowest BCUT2D eigenvalue weighted by Crippen LogP contribution is -2.57. The molecule has 106 valence electrons. The third kappa shape index (κ3) is 2.46. The lowest BCUT2D eigenvalue weighted by atomic mass is 9.56. The summed E-state index contributed by atoms with van der Waals surface area (Å²) >= 11 is 0. The summed E-state index contributed by atoms with van der Waals surface area (Å²) in [7, 11) is 0. The predicted molar refractivity (Wildman–Crippen MR) is 76.3 cm³/mol. The van der Waals surface area contributed by atoms with E-state index in [4.69, 9.17) is 5.73 Å². The average Bonchev–Trinajstić information content (AvgIpc) is 2.39. The number of hydrogen-bond donors (Lipinski definition) is 2. The van der Waals surface area contributed by atoms with Gasteiger partial charge in [-0.1, -0.05) is 39.0 Å². The van der Waals surface area contributed by atoms with Gasteiger partial charge in [-0.3, -0.25) is 0 Å². The van der Waals surface area contributed by atoms with E-state index in [1.54, 1.807) is 0 Å². The van der Waals surface area contributed by atoms with Crippen LogP contribution in [0.3, 0.4) is 0 Å². The molecule has 0 saturated heterocycles. The third-order valence-electron chi connectivity index (χ3n) is 5.96. The van der Waals surface area contributed by atoms with Gasteiger partial charge < -0.3 is 10.8 Å². The molecule has 0 radical (unpaired) electrons. The minimum Gasteiger partial charge on any atom is -0.389 e. The molecule has 2 fully saturated rings. The summed E-state index contributed by atoms with van der Waals surface area (Å²) in [6.07, 6.45) is 11.1. The van der Waals surface area contributed by atoms with E-state index in [-0.39, 0.29) is 5.41 Å². The number of rotatable bonds is 3. The minimum absolute atomic E-state index is 0.0212. The van der Waals surface area contributed by atoms with Gasteiger partial charge in [-0.05, 0) is 44.4 Å². The highest BCUT2D eigenvalue weighted by molar-refractivity contribution is 5.03. The van der Waals surface area contributed by atoms with Crippen molar-refractivity contribution in [2.24, 2.45) is 23.0 Å². The van der Waals surface area contributed by atoms with E-state index in [1.807, 2.05) is 0 Å². The molecule has 0 aliphatic heterocycles. The maximum atomic E-state index is 11.3. The van der Waals surface area contributed by atoms with Crippen LogP contribution in [0.15, 0.2) is 0 Å². The van der Waals surface area contributed by atoms with Crippen LogP contribution in [-0.2, 0) is 0 Å². The summed E-state index contributed by atoms with van der Waals surface area (Å²) < 4.78 is 0. The van der Waals surface area contributed by atoms with Crippen molar-refractivity contribution in [3.8, 4) is 0 Å². The molecular formula is C16H31NO. The van der Waals surface area contributed by atoms with E-state index in [0.717, 1.165) is 18.8 Å². The molecule has 2 aliphatic rings. The Morgan fingerprint density at radius 2 is 1.83 bits per heavy atom. The molecule has 3 atom stereocenters. The van der Waals surface area contributed by atoms with Crippen molar-refractivity contribution in [1.82, 2.24) is 0 Å². The second-order valence-electron chi connectivity index (χ2n) is 7.17. The largest absolute Gasteiger partial charge is 0.389 e. The Kier molecular flexibility index (Phi) is 4.38. The van der Waals surface area contributed by atoms with E-state index in [0.29, 0.717) is 12.5 Å². The Hall–Kier alpha value is -0.0800. The van der Waals surface area contributed by atoms with Crippen molar-refractivity contribution in [3.05, 3.63) is 0 Å². The lowest BCUT2D eigenvalue weighted by molar-refractivity contribution is -0.139. The Balaban J connectivity index is 2.17. The quantitative estimate of drug-likeness (QED) is 0.809. The van der Waals surface area contributed by atoms with Gasteiger partial charge in [0.05, 0.1) is 5.60 Å². The zero-order valence-corrected chi connectivity index (χ0v) is 12.3. The first-order valence-corrected chi connectivity index (χ1v) is 7.94. The van der Waals surface area contributed by atoms with Gasteiger partial charge >= 0.3 is 0 Å². The van der Waals surface area contributed by atoms with Gasteiger partial charge in [-0.25, -0.2) is 0 Å². The molecule has 2 heteroatoms. The van der Waals surface area contributed by atoms with Gasteiger partial charge in [0.2, 0.25) is 0 Å². The van der Waals surface area contributed by atoms with E-state index < -0.39 is 5.60 Å². The second kappa shape index (κ2) is 5.50. The Labute approximate surface area is 112 Å². The fraction of sp³-hybridized carbons (Fsp3) is 1.00. The predicted octanol–water partition coefficient (Wildman–Crippen LogP) is 3.47. The van der Waals surface area contributed by atoms with Gasteiger partial charge in [0, 0.05) is 12.0 Å². The van der Waals surface area contributed by atoms with Gasteiger partial charge in [0.25, 0.3) is 0 Å². The highest BCUT2D eigenvalue weighted by Gasteiger charge is 2.51. The average molecular weight is 253 g/mol. The van der Waals surface area contributed by atoms with Crippen molar-refractivity contribution in [2.45, 2.75) is 77.2 Å². The molecular weight excluding hydrogens is 222 g/mol. The van der Waals surface area contributed by atoms with Crippen molar-refractivity contribution in [3.63, 3.8) is 0 Å². The SMILES string of the molecule is CC1CCCC(CN)(C(C)(O)C2CCCCC2)C1. The topological polar surface area (TPSA) is 46.2 Å². The van der Waals surface area contributed by atoms with E-state index >= 15 is 0 Å². The molecule has 2 rings (SSSR count). The maximum absolute atomic E-state index is 11.3. The van der Waals surface area contributed by atoms with Crippen LogP contribution in [0.4, 0.5) is 0 Å². The van der Waals surface area contributed by atoms with Gasteiger partial charge in [0.15, 0.2) is 0 Å². The fourth-order valence-corrected chi connectivity index (χ4v) is 4.61. The first-order valence-electron chi connectivity index (χ1n) is 7.94. The molecule has 0 aromatic carbocycles. The second-order valence-corrected chi connectivity index (χ2v) is 7.17. The standard InChI is InChI=1S/C16H31NO/c1-13-7-6-10-16(11-13,12-17)15(2,18)14-8-4-3-5-9-14/h13-14,18H,3-12,17H2,1-2H3. The van der Waals surface area contributed by atoms with Gasteiger partial charge in [-0.2, -0.15) is 0 Å². The molecule has 2 saturated carbocycles. The highest BCUT2D eigenvalue weighted by atomic mass is 16.3. The third-order valence-corrected chi connectivity index (χ3v) is 5.96. The minimum atomic E-state index is -0.559. The molecule has 2 aliphatic carbocycles. The lowest BCUT2D eigenvalue weighted by Gasteiger charge is -2.53. The van der Waals surface area contributed by atoms with Crippen LogP contribution in [0.5, 0.6) is 0 Å². The smallest absolute Gasteiger partial charge is 0.0715 e. The molecule has 0 aromatic rings. The fourth-order valence-electron chi connectivity index (χ4n) is 4.61. The number of aliphatic hydroxyl groups is 1. The van der Waals surface area contributed by atoms with Crippen LogP contribution in [0.25, 0.3) is 0 Å².